The van der Waals surface area contributed by atoms with Crippen LogP contribution in [0.2, 0.25) is 0 Å². The van der Waals surface area contributed by atoms with Crippen LogP contribution < -0.4 is 10.6 Å². The van der Waals surface area contributed by atoms with Crippen molar-refractivity contribution in [3.8, 4) is 0 Å². The van der Waals surface area contributed by atoms with E-state index in [0.717, 1.165) is 11.4 Å². The molecule has 1 amide bonds. The van der Waals surface area contributed by atoms with Gasteiger partial charge in [0.2, 0.25) is 5.91 Å². The number of nitrogens with zero attached hydrogens (tertiary/aromatic N) is 1. The minimum absolute atomic E-state index is 0.0387. The summed E-state index contributed by atoms with van der Waals surface area (Å²) in [7, 11) is 0. The Labute approximate surface area is 75.7 Å². The van der Waals surface area contributed by atoms with E-state index >= 15 is 0 Å². The second-order valence-electron chi connectivity index (χ2n) is 2.70. The predicted molar refractivity (Wildman–Crippen MR) is 48.4 cm³/mol. The largest absolute Gasteiger partial charge is 0.380 e. The number of pyridine rings is 1. The fourth-order valence-corrected chi connectivity index (χ4v) is 1.14. The van der Waals surface area contributed by atoms with Crippen molar-refractivity contribution in [3.05, 3.63) is 36.3 Å². The number of carbonyl (C=O) groups excluding carboxylic acids is 1. The molecule has 66 valence electrons. The van der Waals surface area contributed by atoms with E-state index in [4.69, 9.17) is 0 Å². The summed E-state index contributed by atoms with van der Waals surface area (Å²) in [6.07, 6.45) is 3.45. The van der Waals surface area contributed by atoms with E-state index in [2.05, 4.69) is 15.6 Å². The summed E-state index contributed by atoms with van der Waals surface area (Å²) in [4.78, 5) is 15.1. The van der Waals surface area contributed by atoms with Gasteiger partial charge in [0.25, 0.3) is 0 Å². The summed E-state index contributed by atoms with van der Waals surface area (Å²) in [5.74, 6) is -0.0387. The van der Waals surface area contributed by atoms with Crippen LogP contribution in [0, 0.1) is 0 Å². The zero-order chi connectivity index (χ0) is 9.10. The molecule has 1 aliphatic rings. The van der Waals surface area contributed by atoms with Gasteiger partial charge in [-0.05, 0) is 12.1 Å². The molecule has 1 aliphatic heterocycles. The van der Waals surface area contributed by atoms with Crippen molar-refractivity contribution in [2.45, 2.75) is 0 Å². The predicted octanol–water partition coefficient (Wildman–Crippen LogP) is 0.0994. The van der Waals surface area contributed by atoms with Crippen molar-refractivity contribution in [2.75, 3.05) is 6.54 Å². The number of hydrogen-bond acceptors (Lipinski definition) is 3. The molecule has 4 heteroatoms. The summed E-state index contributed by atoms with van der Waals surface area (Å²) in [6.45, 7) is 0.330. The zero-order valence-electron chi connectivity index (χ0n) is 6.95. The Morgan fingerprint density at radius 1 is 1.38 bits per heavy atom. The Bertz CT molecular complexity index is 345. The first kappa shape index (κ1) is 7.79. The minimum Gasteiger partial charge on any atom is -0.380 e. The highest BCUT2D eigenvalue weighted by atomic mass is 16.2. The maximum Gasteiger partial charge on any atom is 0.243 e. The third kappa shape index (κ3) is 1.66. The molecule has 0 atom stereocenters. The maximum absolute atomic E-state index is 11.0. The van der Waals surface area contributed by atoms with E-state index in [9.17, 15) is 4.79 Å². The SMILES string of the molecule is O=C1CNC=C(c2ccccn2)N1. The van der Waals surface area contributed by atoms with E-state index < -0.39 is 0 Å². The highest BCUT2D eigenvalue weighted by molar-refractivity contribution is 5.89. The molecular weight excluding hydrogens is 166 g/mol. The lowest BCUT2D eigenvalue weighted by molar-refractivity contribution is -0.119. The Morgan fingerprint density at radius 3 is 3.00 bits per heavy atom. The summed E-state index contributed by atoms with van der Waals surface area (Å²) in [5, 5.41) is 5.60. The first-order valence-electron chi connectivity index (χ1n) is 4.01. The Balaban J connectivity index is 2.27. The lowest BCUT2D eigenvalue weighted by atomic mass is 10.2. The van der Waals surface area contributed by atoms with Gasteiger partial charge >= 0.3 is 0 Å². The van der Waals surface area contributed by atoms with Crippen LogP contribution in [0.3, 0.4) is 0 Å². The second kappa shape index (κ2) is 3.26. The third-order valence-electron chi connectivity index (χ3n) is 1.72. The van der Waals surface area contributed by atoms with Crippen LogP contribution in [0.1, 0.15) is 5.69 Å². The third-order valence-corrected chi connectivity index (χ3v) is 1.72. The van der Waals surface area contributed by atoms with Crippen molar-refractivity contribution in [3.63, 3.8) is 0 Å². The standard InChI is InChI=1S/C9H9N3O/c13-9-6-10-5-8(12-9)7-3-1-2-4-11-7/h1-5,10H,6H2,(H,12,13). The topological polar surface area (TPSA) is 54.0 Å². The molecule has 0 saturated heterocycles. The molecule has 1 aromatic rings. The van der Waals surface area contributed by atoms with Gasteiger partial charge in [-0.1, -0.05) is 6.07 Å². The first-order chi connectivity index (χ1) is 6.36. The fourth-order valence-electron chi connectivity index (χ4n) is 1.14. The lowest BCUT2D eigenvalue weighted by Crippen LogP contribution is -2.36. The van der Waals surface area contributed by atoms with Gasteiger partial charge < -0.3 is 10.6 Å². The number of aromatic nitrogens is 1. The molecule has 0 radical (unpaired) electrons. The Hall–Kier alpha value is -1.84. The van der Waals surface area contributed by atoms with E-state index in [0.29, 0.717) is 6.54 Å². The Morgan fingerprint density at radius 2 is 2.31 bits per heavy atom. The van der Waals surface area contributed by atoms with Gasteiger partial charge in [0.05, 0.1) is 17.9 Å². The van der Waals surface area contributed by atoms with Crippen molar-refractivity contribution in [1.82, 2.24) is 15.6 Å². The van der Waals surface area contributed by atoms with Gasteiger partial charge in [-0.3, -0.25) is 9.78 Å². The molecule has 0 saturated carbocycles. The molecule has 0 aliphatic carbocycles. The normalized spacial score (nSPS) is 15.7. The molecular formula is C9H9N3O. The molecule has 4 nitrogen and oxygen atoms in total. The van der Waals surface area contributed by atoms with Crippen molar-refractivity contribution < 1.29 is 4.79 Å². The molecule has 13 heavy (non-hydrogen) atoms. The van der Waals surface area contributed by atoms with E-state index in [1.807, 2.05) is 18.2 Å². The summed E-state index contributed by atoms with van der Waals surface area (Å²) in [5.41, 5.74) is 1.49. The van der Waals surface area contributed by atoms with Gasteiger partial charge in [-0.15, -0.1) is 0 Å². The number of carbonyl (C=O) groups is 1. The van der Waals surface area contributed by atoms with Crippen LogP contribution in [-0.2, 0) is 4.79 Å². The summed E-state index contributed by atoms with van der Waals surface area (Å²) >= 11 is 0. The number of rotatable bonds is 1. The lowest BCUT2D eigenvalue weighted by Gasteiger charge is -2.14. The molecule has 0 aromatic carbocycles. The smallest absolute Gasteiger partial charge is 0.243 e. The quantitative estimate of drug-likeness (QED) is 0.636. The van der Waals surface area contributed by atoms with Gasteiger partial charge in [-0.2, -0.15) is 0 Å². The monoisotopic (exact) mass is 175 g/mol. The number of hydrogen-bond donors (Lipinski definition) is 2. The highest BCUT2D eigenvalue weighted by Crippen LogP contribution is 2.07. The second-order valence-corrected chi connectivity index (χ2v) is 2.70. The molecule has 1 aromatic heterocycles. The van der Waals surface area contributed by atoms with Crippen molar-refractivity contribution in [2.24, 2.45) is 0 Å². The van der Waals surface area contributed by atoms with Crippen LogP contribution in [0.25, 0.3) is 5.70 Å². The molecule has 2 rings (SSSR count). The summed E-state index contributed by atoms with van der Waals surface area (Å²) < 4.78 is 0. The average molecular weight is 175 g/mol. The van der Waals surface area contributed by atoms with Gasteiger partial charge in [0, 0.05) is 12.4 Å². The van der Waals surface area contributed by atoms with Gasteiger partial charge in [0.1, 0.15) is 0 Å². The first-order valence-corrected chi connectivity index (χ1v) is 4.01. The molecule has 0 unspecified atom stereocenters. The van der Waals surface area contributed by atoms with Crippen LogP contribution >= 0.6 is 0 Å². The number of amides is 1. The van der Waals surface area contributed by atoms with E-state index in [-0.39, 0.29) is 5.91 Å². The van der Waals surface area contributed by atoms with Gasteiger partial charge in [0.15, 0.2) is 0 Å². The van der Waals surface area contributed by atoms with Crippen LogP contribution in [0.15, 0.2) is 30.6 Å². The van der Waals surface area contributed by atoms with Crippen LogP contribution in [0.4, 0.5) is 0 Å². The molecule has 2 N–H and O–H groups in total. The fraction of sp³-hybridized carbons (Fsp3) is 0.111. The van der Waals surface area contributed by atoms with Crippen LogP contribution in [0.5, 0.6) is 0 Å². The van der Waals surface area contributed by atoms with E-state index in [1.54, 1.807) is 12.4 Å². The molecule has 0 bridgehead atoms. The van der Waals surface area contributed by atoms with Gasteiger partial charge in [-0.25, -0.2) is 0 Å². The minimum atomic E-state index is -0.0387. The highest BCUT2D eigenvalue weighted by Gasteiger charge is 2.10. The molecule has 0 spiro atoms. The van der Waals surface area contributed by atoms with E-state index in [1.165, 1.54) is 0 Å². The summed E-state index contributed by atoms with van der Waals surface area (Å²) in [6, 6.07) is 5.56. The Kier molecular flexibility index (Phi) is 1.96. The van der Waals surface area contributed by atoms with Crippen molar-refractivity contribution in [1.29, 1.82) is 0 Å². The number of nitrogens with one attached hydrogen (secondary N) is 2. The molecule has 2 heterocycles. The zero-order valence-corrected chi connectivity index (χ0v) is 6.95. The molecule has 0 fully saturated rings. The average Bonchev–Trinajstić information content (AvgIpc) is 2.19. The van der Waals surface area contributed by atoms with Crippen LogP contribution in [-0.4, -0.2) is 17.4 Å². The van der Waals surface area contributed by atoms with Crippen molar-refractivity contribution >= 4 is 11.6 Å². The maximum atomic E-state index is 11.0.